The Balaban J connectivity index is 0.000000176. The average molecular weight is 543 g/mol. The molecule has 0 aliphatic carbocycles. The summed E-state index contributed by atoms with van der Waals surface area (Å²) in [4.78, 5) is 9.94. The van der Waals surface area contributed by atoms with Crippen LogP contribution >= 0.6 is 0 Å². The fourth-order valence-electron chi connectivity index (χ4n) is 6.11. The molecule has 11 heteroatoms. The molecule has 0 bridgehead atoms. The van der Waals surface area contributed by atoms with Gasteiger partial charge in [0.2, 0.25) is 0 Å². The van der Waals surface area contributed by atoms with E-state index in [1.807, 2.05) is 0 Å². The summed E-state index contributed by atoms with van der Waals surface area (Å²) in [6, 6.07) is 0. The highest BCUT2D eigenvalue weighted by molar-refractivity contribution is 4.96. The van der Waals surface area contributed by atoms with E-state index in [0.29, 0.717) is 6.54 Å². The largest absolute Gasteiger partial charge is 0.396 e. The molecule has 5 heterocycles. The van der Waals surface area contributed by atoms with Crippen LogP contribution in [-0.4, -0.2) is 180 Å². The van der Waals surface area contributed by atoms with Gasteiger partial charge in [0.15, 0.2) is 0 Å². The lowest BCUT2D eigenvalue weighted by molar-refractivity contribution is -0.0989. The molecular weight excluding hydrogens is 484 g/mol. The van der Waals surface area contributed by atoms with Crippen molar-refractivity contribution in [2.24, 2.45) is 0 Å². The summed E-state index contributed by atoms with van der Waals surface area (Å²) < 4.78 is 5.33. The Kier molecular flexibility index (Phi) is 16.6. The fourth-order valence-corrected chi connectivity index (χ4v) is 6.11. The number of morpholine rings is 1. The molecule has 0 radical (unpaired) electrons. The van der Waals surface area contributed by atoms with E-state index in [9.17, 15) is 10.2 Å². The molecule has 38 heavy (non-hydrogen) atoms. The Labute approximate surface area is 231 Å². The van der Waals surface area contributed by atoms with Gasteiger partial charge in [-0.15, -0.1) is 0 Å². The van der Waals surface area contributed by atoms with Gasteiger partial charge >= 0.3 is 0 Å². The number of nitrogens with zero attached hydrogens (tertiary/aromatic N) is 4. The SMILES string of the molecule is C1CN(CCN2CCOCC2)CCN1.C1CNCCN1.OCCN1CCNCC1(CCO)N1CCCCC1. The van der Waals surface area contributed by atoms with Crippen molar-refractivity contribution in [2.75, 3.05) is 144 Å². The molecule has 5 aliphatic heterocycles. The van der Waals surface area contributed by atoms with Gasteiger partial charge in [-0.1, -0.05) is 6.42 Å². The number of rotatable bonds is 8. The summed E-state index contributed by atoms with van der Waals surface area (Å²) >= 11 is 0. The van der Waals surface area contributed by atoms with Crippen LogP contribution in [-0.2, 0) is 4.74 Å². The van der Waals surface area contributed by atoms with Gasteiger partial charge in [0, 0.05) is 118 Å². The molecule has 11 nitrogen and oxygen atoms in total. The monoisotopic (exact) mass is 542 g/mol. The summed E-state index contributed by atoms with van der Waals surface area (Å²) in [5, 5.41) is 32.0. The number of hydrogen-bond donors (Lipinski definition) is 6. The third kappa shape index (κ3) is 11.2. The number of nitrogens with one attached hydrogen (secondary N) is 4. The number of aliphatic hydroxyl groups is 2. The maximum atomic E-state index is 9.46. The third-order valence-electron chi connectivity index (χ3n) is 8.38. The predicted molar refractivity (Wildman–Crippen MR) is 154 cm³/mol. The fraction of sp³-hybridized carbons (Fsp3) is 1.00. The Morgan fingerprint density at radius 2 is 1.16 bits per heavy atom. The average Bonchev–Trinajstić information content (AvgIpc) is 3.00. The summed E-state index contributed by atoms with van der Waals surface area (Å²) in [6.07, 6.45) is 4.58. The van der Waals surface area contributed by atoms with Crippen molar-refractivity contribution in [1.29, 1.82) is 0 Å². The lowest BCUT2D eigenvalue weighted by Gasteiger charge is -2.54. The molecule has 1 unspecified atom stereocenters. The van der Waals surface area contributed by atoms with Crippen LogP contribution in [0.25, 0.3) is 0 Å². The lowest BCUT2D eigenvalue weighted by atomic mass is 9.95. The van der Waals surface area contributed by atoms with Gasteiger partial charge in [0.05, 0.1) is 25.5 Å². The highest BCUT2D eigenvalue weighted by Gasteiger charge is 2.43. The van der Waals surface area contributed by atoms with E-state index in [4.69, 9.17) is 4.74 Å². The van der Waals surface area contributed by atoms with Crippen molar-refractivity contribution in [1.82, 2.24) is 40.9 Å². The lowest BCUT2D eigenvalue weighted by Crippen LogP contribution is -2.70. The van der Waals surface area contributed by atoms with E-state index in [2.05, 4.69) is 40.9 Å². The molecular formula is C27H58N8O3. The number of piperazine rings is 3. The number of likely N-dealkylation sites (tertiary alicyclic amines) is 1. The van der Waals surface area contributed by atoms with E-state index in [-0.39, 0.29) is 18.9 Å². The number of ether oxygens (including phenoxy) is 1. The predicted octanol–water partition coefficient (Wildman–Crippen LogP) is -2.15. The van der Waals surface area contributed by atoms with Crippen LogP contribution in [0, 0.1) is 0 Å². The molecule has 0 spiro atoms. The van der Waals surface area contributed by atoms with Gasteiger partial charge in [-0.25, -0.2) is 0 Å². The molecule has 1 atom stereocenters. The second-order valence-corrected chi connectivity index (χ2v) is 10.9. The molecule has 6 N–H and O–H groups in total. The van der Waals surface area contributed by atoms with Crippen molar-refractivity contribution >= 4 is 0 Å². The van der Waals surface area contributed by atoms with Gasteiger partial charge in [-0.05, 0) is 25.9 Å². The van der Waals surface area contributed by atoms with Crippen LogP contribution in [0.15, 0.2) is 0 Å². The van der Waals surface area contributed by atoms with Crippen LogP contribution in [0.3, 0.4) is 0 Å². The smallest absolute Gasteiger partial charge is 0.0889 e. The second kappa shape index (κ2) is 19.6. The van der Waals surface area contributed by atoms with E-state index < -0.39 is 0 Å². The minimum Gasteiger partial charge on any atom is -0.396 e. The van der Waals surface area contributed by atoms with Gasteiger partial charge in [-0.3, -0.25) is 19.6 Å². The van der Waals surface area contributed by atoms with E-state index in [1.165, 1.54) is 45.4 Å². The van der Waals surface area contributed by atoms with E-state index >= 15 is 0 Å². The maximum Gasteiger partial charge on any atom is 0.0889 e. The number of aliphatic hydroxyl groups excluding tert-OH is 2. The molecule has 5 fully saturated rings. The Morgan fingerprint density at radius 1 is 0.579 bits per heavy atom. The van der Waals surface area contributed by atoms with Crippen molar-refractivity contribution < 1.29 is 14.9 Å². The first kappa shape index (κ1) is 32.1. The molecule has 0 amide bonds. The van der Waals surface area contributed by atoms with E-state index in [0.717, 1.165) is 105 Å². The Morgan fingerprint density at radius 3 is 1.74 bits per heavy atom. The van der Waals surface area contributed by atoms with E-state index in [1.54, 1.807) is 0 Å². The molecule has 0 aromatic carbocycles. The Bertz CT molecular complexity index is 522. The topological polar surface area (TPSA) is 111 Å². The summed E-state index contributed by atoms with van der Waals surface area (Å²) in [5.41, 5.74) is -0.0872. The second-order valence-electron chi connectivity index (χ2n) is 10.9. The number of piperidine rings is 1. The van der Waals surface area contributed by atoms with Crippen molar-refractivity contribution in [3.63, 3.8) is 0 Å². The molecule has 0 saturated carbocycles. The summed E-state index contributed by atoms with van der Waals surface area (Å²) in [6.45, 7) is 22.0. The standard InChI is InChI=1S/C13H27N3O2.C10H21N3O.C4H10N2/c17-10-4-13(15-6-2-1-3-7-15)12-14-5-8-16(13)9-11-18;1-3-12(4-2-11-1)5-6-13-7-9-14-10-8-13;1-2-6-4-3-5-1/h14,17-18H,1-12H2;11H,1-10H2;5-6H,1-4H2. The quantitative estimate of drug-likeness (QED) is 0.202. The molecule has 5 aliphatic rings. The van der Waals surface area contributed by atoms with Crippen molar-refractivity contribution in [3.05, 3.63) is 0 Å². The molecule has 224 valence electrons. The minimum atomic E-state index is -0.0872. The summed E-state index contributed by atoms with van der Waals surface area (Å²) in [5.74, 6) is 0. The molecule has 5 saturated heterocycles. The first-order valence-corrected chi connectivity index (χ1v) is 15.4. The zero-order valence-corrected chi connectivity index (χ0v) is 24.0. The van der Waals surface area contributed by atoms with Crippen LogP contribution < -0.4 is 21.3 Å². The van der Waals surface area contributed by atoms with Crippen molar-refractivity contribution in [3.8, 4) is 0 Å². The first-order valence-electron chi connectivity index (χ1n) is 15.4. The zero-order chi connectivity index (χ0) is 26.7. The molecule has 0 aromatic rings. The van der Waals surface area contributed by atoms with Crippen LogP contribution in [0.4, 0.5) is 0 Å². The Hall–Kier alpha value is -0.440. The van der Waals surface area contributed by atoms with Gasteiger partial charge in [0.1, 0.15) is 0 Å². The van der Waals surface area contributed by atoms with Gasteiger partial charge in [0.25, 0.3) is 0 Å². The van der Waals surface area contributed by atoms with Crippen molar-refractivity contribution in [2.45, 2.75) is 31.3 Å². The van der Waals surface area contributed by atoms with Crippen LogP contribution in [0.1, 0.15) is 25.7 Å². The number of β-amino-alcohol motifs (C(OH)–C–C–N with tert-alkyl or cyclic N) is 1. The first-order chi connectivity index (χ1) is 18.8. The minimum absolute atomic E-state index is 0.0872. The molecule has 0 aromatic heterocycles. The van der Waals surface area contributed by atoms with Gasteiger partial charge < -0.3 is 36.2 Å². The summed E-state index contributed by atoms with van der Waals surface area (Å²) in [7, 11) is 0. The highest BCUT2D eigenvalue weighted by Crippen LogP contribution is 2.29. The normalized spacial score (nSPS) is 28.6. The van der Waals surface area contributed by atoms with Crippen LogP contribution in [0.5, 0.6) is 0 Å². The number of hydrogen-bond acceptors (Lipinski definition) is 11. The molecule has 5 rings (SSSR count). The third-order valence-corrected chi connectivity index (χ3v) is 8.38. The van der Waals surface area contributed by atoms with Gasteiger partial charge in [-0.2, -0.15) is 0 Å². The van der Waals surface area contributed by atoms with Crippen LogP contribution in [0.2, 0.25) is 0 Å². The zero-order valence-electron chi connectivity index (χ0n) is 24.0. The highest BCUT2D eigenvalue weighted by atomic mass is 16.5. The maximum absolute atomic E-state index is 9.46.